The molecule has 3 nitrogen and oxygen atoms in total. The van der Waals surface area contributed by atoms with Gasteiger partial charge in [0, 0.05) is 30.8 Å². The Morgan fingerprint density at radius 3 is 1.65 bits per heavy atom. The van der Waals surface area contributed by atoms with E-state index in [1.165, 1.54) is 30.4 Å². The molecule has 5 rings (SSSR count). The molecule has 1 fully saturated rings. The van der Waals surface area contributed by atoms with Crippen LogP contribution in [0.5, 0.6) is 0 Å². The van der Waals surface area contributed by atoms with Crippen molar-refractivity contribution in [2.75, 3.05) is 57.5 Å². The molecule has 2 heterocycles. The molecule has 2 aliphatic heterocycles. The van der Waals surface area contributed by atoms with Crippen LogP contribution in [0, 0.1) is 40.7 Å². The standard InChI is InChI=1S/C33H34F7N3S3/c34-24-10-7-22(19-25(24)35)26-20-27(43(41-26)33-31(39)29(37)28(36)30(38)32(33)40)21-5-8-23(9-6-21)42-11-1-13-44-15-3-17-46-18-4-16-45-14-2-12-42/h5-10,19,27H,1-4,11-18,20H2/t27-/m0/s1. The predicted molar refractivity (Wildman–Crippen MR) is 178 cm³/mol. The summed E-state index contributed by atoms with van der Waals surface area (Å²) in [6, 6.07) is 9.32. The second-order valence-corrected chi connectivity index (χ2v) is 14.7. The van der Waals surface area contributed by atoms with Crippen LogP contribution >= 0.6 is 35.3 Å². The molecule has 0 N–H and O–H groups in total. The molecular weight excluding hydrogens is 668 g/mol. The third-order valence-electron chi connectivity index (χ3n) is 7.81. The highest BCUT2D eigenvalue weighted by Gasteiger charge is 2.37. The average Bonchev–Trinajstić information content (AvgIpc) is 3.49. The maximum atomic E-state index is 15.0. The van der Waals surface area contributed by atoms with E-state index in [1.54, 1.807) is 12.1 Å². The Kier molecular flexibility index (Phi) is 12.5. The number of rotatable bonds is 4. The summed E-state index contributed by atoms with van der Waals surface area (Å²) in [7, 11) is 0. The Bertz CT molecular complexity index is 1480. The Morgan fingerprint density at radius 2 is 1.11 bits per heavy atom. The van der Waals surface area contributed by atoms with Gasteiger partial charge in [-0.2, -0.15) is 40.4 Å². The summed E-state index contributed by atoms with van der Waals surface area (Å²) in [6.07, 6.45) is 4.38. The summed E-state index contributed by atoms with van der Waals surface area (Å²) in [5, 5.41) is 4.95. The molecule has 0 radical (unpaired) electrons. The zero-order chi connectivity index (χ0) is 32.6. The molecule has 13 heteroatoms. The first-order valence-corrected chi connectivity index (χ1v) is 18.6. The van der Waals surface area contributed by atoms with E-state index in [2.05, 4.69) is 10.0 Å². The molecule has 248 valence electrons. The Labute approximate surface area is 277 Å². The van der Waals surface area contributed by atoms with E-state index in [4.69, 9.17) is 0 Å². The smallest absolute Gasteiger partial charge is 0.200 e. The van der Waals surface area contributed by atoms with Gasteiger partial charge in [-0.25, -0.2) is 30.7 Å². The highest BCUT2D eigenvalue weighted by atomic mass is 32.2. The lowest BCUT2D eigenvalue weighted by Gasteiger charge is -2.27. The summed E-state index contributed by atoms with van der Waals surface area (Å²) in [5.41, 5.74) is 0.481. The van der Waals surface area contributed by atoms with Gasteiger partial charge in [0.1, 0.15) is 5.69 Å². The van der Waals surface area contributed by atoms with Crippen LogP contribution in [-0.4, -0.2) is 53.3 Å². The number of benzene rings is 3. The van der Waals surface area contributed by atoms with Gasteiger partial charge in [-0.05, 0) is 96.1 Å². The maximum absolute atomic E-state index is 15.0. The fraction of sp³-hybridized carbons (Fsp3) is 0.424. The molecule has 2 aliphatic rings. The van der Waals surface area contributed by atoms with Crippen molar-refractivity contribution in [2.45, 2.75) is 38.1 Å². The molecule has 0 saturated carbocycles. The molecular formula is C33H34F7N3S3. The summed E-state index contributed by atoms with van der Waals surface area (Å²) in [4.78, 5) is 2.31. The molecule has 0 aromatic heterocycles. The third kappa shape index (κ3) is 8.31. The van der Waals surface area contributed by atoms with Crippen molar-refractivity contribution >= 4 is 52.4 Å². The van der Waals surface area contributed by atoms with E-state index in [-0.39, 0.29) is 17.7 Å². The molecule has 0 spiro atoms. The van der Waals surface area contributed by atoms with Gasteiger partial charge in [0.25, 0.3) is 0 Å². The van der Waals surface area contributed by atoms with Crippen molar-refractivity contribution in [1.29, 1.82) is 0 Å². The lowest BCUT2D eigenvalue weighted by Crippen LogP contribution is -2.27. The van der Waals surface area contributed by atoms with Crippen LogP contribution in [0.25, 0.3) is 0 Å². The fourth-order valence-electron chi connectivity index (χ4n) is 5.45. The van der Waals surface area contributed by atoms with Crippen molar-refractivity contribution in [2.24, 2.45) is 5.10 Å². The minimum atomic E-state index is -2.28. The first kappa shape index (κ1) is 34.8. The quantitative estimate of drug-likeness (QED) is 0.153. The zero-order valence-electron chi connectivity index (χ0n) is 25.0. The number of hydrogen-bond donors (Lipinski definition) is 0. The highest BCUT2D eigenvalue weighted by Crippen LogP contribution is 2.41. The maximum Gasteiger partial charge on any atom is 0.200 e. The van der Waals surface area contributed by atoms with Crippen molar-refractivity contribution in [3.8, 4) is 0 Å². The topological polar surface area (TPSA) is 18.8 Å². The molecule has 46 heavy (non-hydrogen) atoms. The summed E-state index contributed by atoms with van der Waals surface area (Å²) >= 11 is 5.97. The molecule has 0 unspecified atom stereocenters. The van der Waals surface area contributed by atoms with Gasteiger partial charge >= 0.3 is 0 Å². The number of thioether (sulfide) groups is 3. The van der Waals surface area contributed by atoms with Crippen LogP contribution in [-0.2, 0) is 0 Å². The van der Waals surface area contributed by atoms with Crippen LogP contribution in [0.3, 0.4) is 0 Å². The van der Waals surface area contributed by atoms with Crippen LogP contribution in [0.1, 0.15) is 49.3 Å². The van der Waals surface area contributed by atoms with Crippen molar-refractivity contribution in [3.63, 3.8) is 0 Å². The van der Waals surface area contributed by atoms with Gasteiger partial charge < -0.3 is 4.90 Å². The van der Waals surface area contributed by atoms with E-state index in [1.807, 2.05) is 47.4 Å². The molecule has 0 aliphatic carbocycles. The Hall–Kier alpha value is -2.51. The second-order valence-electron chi connectivity index (χ2n) is 11.0. The summed E-state index contributed by atoms with van der Waals surface area (Å²) < 4.78 is 100. The zero-order valence-corrected chi connectivity index (χ0v) is 27.5. The number of hydrogen-bond acceptors (Lipinski definition) is 6. The number of nitrogens with zero attached hydrogens (tertiary/aromatic N) is 3. The predicted octanol–water partition coefficient (Wildman–Crippen LogP) is 9.60. The van der Waals surface area contributed by atoms with Gasteiger partial charge in [0.05, 0.1) is 11.8 Å². The van der Waals surface area contributed by atoms with Crippen molar-refractivity contribution in [3.05, 3.63) is 94.3 Å². The van der Waals surface area contributed by atoms with E-state index in [9.17, 15) is 22.0 Å². The van der Waals surface area contributed by atoms with E-state index in [0.717, 1.165) is 71.8 Å². The monoisotopic (exact) mass is 701 g/mol. The van der Waals surface area contributed by atoms with E-state index in [0.29, 0.717) is 5.56 Å². The number of hydrazone groups is 1. The second kappa shape index (κ2) is 16.5. The third-order valence-corrected chi connectivity index (χ3v) is 11.3. The van der Waals surface area contributed by atoms with Gasteiger partial charge in [0.2, 0.25) is 5.82 Å². The molecule has 1 saturated heterocycles. The minimum Gasteiger partial charge on any atom is -0.371 e. The number of anilines is 2. The minimum absolute atomic E-state index is 0.0550. The molecule has 0 amide bonds. The Balaban J connectivity index is 1.41. The van der Waals surface area contributed by atoms with Gasteiger partial charge in [-0.1, -0.05) is 12.1 Å². The van der Waals surface area contributed by atoms with Crippen molar-refractivity contribution < 1.29 is 30.7 Å². The van der Waals surface area contributed by atoms with E-state index < -0.39 is 52.4 Å². The molecule has 3 aromatic carbocycles. The van der Waals surface area contributed by atoms with Gasteiger partial charge in [0.15, 0.2) is 34.9 Å². The van der Waals surface area contributed by atoms with Crippen LogP contribution in [0.15, 0.2) is 47.6 Å². The largest absolute Gasteiger partial charge is 0.371 e. The number of halogens is 7. The first-order valence-electron chi connectivity index (χ1n) is 15.2. The van der Waals surface area contributed by atoms with Crippen LogP contribution < -0.4 is 9.91 Å². The van der Waals surface area contributed by atoms with Crippen molar-refractivity contribution in [1.82, 2.24) is 0 Å². The summed E-state index contributed by atoms with van der Waals surface area (Å²) in [6.45, 7) is 1.71. The fourth-order valence-corrected chi connectivity index (χ4v) is 8.48. The van der Waals surface area contributed by atoms with Gasteiger partial charge in [-0.15, -0.1) is 0 Å². The molecule has 3 aromatic rings. The lowest BCUT2D eigenvalue weighted by molar-refractivity contribution is 0.377. The van der Waals surface area contributed by atoms with Crippen LogP contribution in [0.4, 0.5) is 42.1 Å². The molecule has 0 bridgehead atoms. The summed E-state index contributed by atoms with van der Waals surface area (Å²) in [5.74, 6) is -5.98. The van der Waals surface area contributed by atoms with Crippen LogP contribution in [0.2, 0.25) is 0 Å². The average molecular weight is 702 g/mol. The highest BCUT2D eigenvalue weighted by molar-refractivity contribution is 8.00. The molecule has 1 atom stereocenters. The van der Waals surface area contributed by atoms with E-state index >= 15 is 8.78 Å². The normalized spacial score (nSPS) is 19.4. The lowest BCUT2D eigenvalue weighted by atomic mass is 9.97. The first-order chi connectivity index (χ1) is 22.3. The Morgan fingerprint density at radius 1 is 0.587 bits per heavy atom. The van der Waals surface area contributed by atoms with Gasteiger partial charge in [-0.3, -0.25) is 5.01 Å². The SMILES string of the molecule is Fc1ccc(C2=NN(c3c(F)c(F)c(F)c(F)c3F)[C@H](c3ccc(N4CCCSCCCSCCCSCCC4)cc3)C2)cc1F.